The molecular formula is C30H40N6O4S. The Balaban J connectivity index is 1.68. The maximum absolute atomic E-state index is 14.1. The third-order valence-corrected chi connectivity index (χ3v) is 7.75. The van der Waals surface area contributed by atoms with Gasteiger partial charge in [-0.2, -0.15) is 0 Å². The number of nitrogens with one attached hydrogen (secondary N) is 3. The van der Waals surface area contributed by atoms with Crippen molar-refractivity contribution in [3.63, 3.8) is 0 Å². The fourth-order valence-electron chi connectivity index (χ4n) is 5.38. The van der Waals surface area contributed by atoms with Crippen LogP contribution in [0.1, 0.15) is 29.6 Å². The van der Waals surface area contributed by atoms with E-state index < -0.39 is 6.04 Å². The van der Waals surface area contributed by atoms with Gasteiger partial charge in [0, 0.05) is 44.4 Å². The SMILES string of the molecule is CNC(=S)N[C@H]1C[C@H]2COc3ccccc3-c3cccc(c3)C(=O)N(C)CCC[C@H](NC(=O)CN(C)C)C(=O)N2C1. The van der Waals surface area contributed by atoms with Crippen LogP contribution in [0.15, 0.2) is 48.5 Å². The van der Waals surface area contributed by atoms with Gasteiger partial charge in [0.15, 0.2) is 5.11 Å². The van der Waals surface area contributed by atoms with Crippen molar-refractivity contribution in [3.05, 3.63) is 54.1 Å². The number of para-hydroxylation sites is 1. The molecule has 0 radical (unpaired) electrons. The molecule has 2 aliphatic rings. The Morgan fingerprint density at radius 2 is 1.85 bits per heavy atom. The zero-order valence-electron chi connectivity index (χ0n) is 24.2. The van der Waals surface area contributed by atoms with Crippen molar-refractivity contribution in [3.8, 4) is 16.9 Å². The summed E-state index contributed by atoms with van der Waals surface area (Å²) >= 11 is 5.34. The molecule has 2 heterocycles. The third-order valence-electron chi connectivity index (χ3n) is 7.42. The first-order valence-electron chi connectivity index (χ1n) is 14.0. The molecule has 1 fully saturated rings. The Morgan fingerprint density at radius 3 is 2.61 bits per heavy atom. The molecule has 0 aromatic heterocycles. The van der Waals surface area contributed by atoms with Crippen LogP contribution in [0.25, 0.3) is 11.1 Å². The Labute approximate surface area is 247 Å². The number of ether oxygens (including phenoxy) is 1. The Morgan fingerprint density at radius 1 is 1.10 bits per heavy atom. The molecule has 11 heteroatoms. The first kappa shape index (κ1) is 30.3. The number of fused-ring (bicyclic) bond motifs is 5. The van der Waals surface area contributed by atoms with E-state index in [1.807, 2.05) is 62.6 Å². The summed E-state index contributed by atoms with van der Waals surface area (Å²) in [4.78, 5) is 45.3. The van der Waals surface area contributed by atoms with E-state index in [9.17, 15) is 14.4 Å². The van der Waals surface area contributed by atoms with E-state index >= 15 is 0 Å². The van der Waals surface area contributed by atoms with Crippen molar-refractivity contribution in [2.24, 2.45) is 0 Å². The number of hydrogen-bond donors (Lipinski definition) is 3. The van der Waals surface area contributed by atoms with Crippen LogP contribution in [-0.2, 0) is 9.59 Å². The smallest absolute Gasteiger partial charge is 0.253 e. The molecule has 220 valence electrons. The molecule has 2 aliphatic heterocycles. The molecule has 3 atom stereocenters. The zero-order chi connectivity index (χ0) is 29.5. The fraction of sp³-hybridized carbons (Fsp3) is 0.467. The fourth-order valence-corrected chi connectivity index (χ4v) is 5.55. The van der Waals surface area contributed by atoms with Crippen LogP contribution < -0.4 is 20.7 Å². The molecule has 2 aromatic rings. The lowest BCUT2D eigenvalue weighted by atomic mass is 10.0. The number of carbonyl (C=O) groups excluding carboxylic acids is 3. The number of hydrogen-bond acceptors (Lipinski definition) is 6. The lowest BCUT2D eigenvalue weighted by Crippen LogP contribution is -2.53. The second-order valence-corrected chi connectivity index (χ2v) is 11.3. The molecule has 41 heavy (non-hydrogen) atoms. The van der Waals surface area contributed by atoms with Crippen LogP contribution in [0.4, 0.5) is 0 Å². The molecule has 10 nitrogen and oxygen atoms in total. The highest BCUT2D eigenvalue weighted by atomic mass is 32.1. The third kappa shape index (κ3) is 7.74. The minimum absolute atomic E-state index is 0.0663. The minimum Gasteiger partial charge on any atom is -0.491 e. The van der Waals surface area contributed by atoms with Gasteiger partial charge in [-0.05, 0) is 69.3 Å². The predicted molar refractivity (Wildman–Crippen MR) is 163 cm³/mol. The van der Waals surface area contributed by atoms with Gasteiger partial charge in [0.05, 0.1) is 12.6 Å². The van der Waals surface area contributed by atoms with E-state index in [2.05, 4.69) is 16.0 Å². The molecule has 3 amide bonds. The quantitative estimate of drug-likeness (QED) is 0.470. The topological polar surface area (TPSA) is 106 Å². The van der Waals surface area contributed by atoms with Crippen molar-refractivity contribution >= 4 is 35.1 Å². The summed E-state index contributed by atoms with van der Waals surface area (Å²) < 4.78 is 6.38. The van der Waals surface area contributed by atoms with Crippen LogP contribution >= 0.6 is 12.2 Å². The number of likely N-dealkylation sites (N-methyl/N-ethyl adjacent to an activating group) is 1. The highest BCUT2D eigenvalue weighted by molar-refractivity contribution is 7.80. The van der Waals surface area contributed by atoms with Crippen molar-refractivity contribution in [2.75, 3.05) is 54.4 Å². The minimum atomic E-state index is -0.730. The maximum Gasteiger partial charge on any atom is 0.253 e. The second-order valence-electron chi connectivity index (χ2n) is 10.9. The van der Waals surface area contributed by atoms with Crippen LogP contribution in [-0.4, -0.2) is 110 Å². The molecule has 1 saturated heterocycles. The average Bonchev–Trinajstić information content (AvgIpc) is 3.36. The summed E-state index contributed by atoms with van der Waals surface area (Å²) in [6, 6.07) is 14.2. The van der Waals surface area contributed by atoms with E-state index in [-0.39, 0.29) is 43.0 Å². The van der Waals surface area contributed by atoms with Crippen LogP contribution in [0.3, 0.4) is 0 Å². The average molecular weight is 581 g/mol. The van der Waals surface area contributed by atoms with Gasteiger partial charge < -0.3 is 35.4 Å². The highest BCUT2D eigenvalue weighted by Gasteiger charge is 2.39. The molecule has 0 saturated carbocycles. The first-order chi connectivity index (χ1) is 19.7. The number of rotatable bonds is 4. The highest BCUT2D eigenvalue weighted by Crippen LogP contribution is 2.32. The van der Waals surface area contributed by atoms with Gasteiger partial charge in [-0.1, -0.05) is 30.3 Å². The lowest BCUT2D eigenvalue weighted by molar-refractivity contribution is -0.138. The summed E-state index contributed by atoms with van der Waals surface area (Å²) in [6.07, 6.45) is 1.58. The second kappa shape index (κ2) is 13.8. The largest absolute Gasteiger partial charge is 0.491 e. The van der Waals surface area contributed by atoms with Crippen LogP contribution in [0.2, 0.25) is 0 Å². The van der Waals surface area contributed by atoms with E-state index in [4.69, 9.17) is 17.0 Å². The summed E-state index contributed by atoms with van der Waals surface area (Å²) in [5.74, 6) is 0.176. The van der Waals surface area contributed by atoms with E-state index in [0.29, 0.717) is 48.8 Å². The predicted octanol–water partition coefficient (Wildman–Crippen LogP) is 1.71. The Bertz CT molecular complexity index is 1270. The molecule has 0 unspecified atom stereocenters. The van der Waals surface area contributed by atoms with Crippen LogP contribution in [0, 0.1) is 0 Å². The molecule has 4 rings (SSSR count). The number of thiocarbonyl (C=S) groups is 1. The maximum atomic E-state index is 14.1. The number of nitrogens with zero attached hydrogens (tertiary/aromatic N) is 3. The number of benzene rings is 2. The monoisotopic (exact) mass is 580 g/mol. The molecule has 0 aliphatic carbocycles. The van der Waals surface area contributed by atoms with Gasteiger partial charge in [0.25, 0.3) is 5.91 Å². The molecule has 3 N–H and O–H groups in total. The van der Waals surface area contributed by atoms with Crippen molar-refractivity contribution in [2.45, 2.75) is 37.4 Å². The van der Waals surface area contributed by atoms with Gasteiger partial charge in [0.2, 0.25) is 11.8 Å². The Kier molecular flexibility index (Phi) is 10.2. The Hall–Kier alpha value is -3.70. The number of carbonyl (C=O) groups is 3. The van der Waals surface area contributed by atoms with E-state index in [1.165, 1.54) is 0 Å². The summed E-state index contributed by atoms with van der Waals surface area (Å²) in [5.41, 5.74) is 2.33. The van der Waals surface area contributed by atoms with E-state index in [0.717, 1.165) is 11.1 Å². The van der Waals surface area contributed by atoms with Gasteiger partial charge in [0.1, 0.15) is 18.4 Å². The zero-order valence-corrected chi connectivity index (χ0v) is 25.0. The molecule has 2 aromatic carbocycles. The summed E-state index contributed by atoms with van der Waals surface area (Å²) in [6.45, 7) is 1.31. The van der Waals surface area contributed by atoms with Crippen molar-refractivity contribution in [1.82, 2.24) is 30.7 Å². The molecule has 0 spiro atoms. The van der Waals surface area contributed by atoms with Crippen molar-refractivity contribution < 1.29 is 19.1 Å². The molecular weight excluding hydrogens is 540 g/mol. The van der Waals surface area contributed by atoms with Gasteiger partial charge in [-0.25, -0.2) is 0 Å². The normalized spacial score (nSPS) is 21.5. The molecule has 2 bridgehead atoms. The van der Waals surface area contributed by atoms with Crippen molar-refractivity contribution in [1.29, 1.82) is 0 Å². The van der Waals surface area contributed by atoms with Gasteiger partial charge >= 0.3 is 0 Å². The first-order valence-corrected chi connectivity index (χ1v) is 14.4. The lowest BCUT2D eigenvalue weighted by Gasteiger charge is -2.30. The standard InChI is InChI=1S/C30H40N6O4S/c1-31-30(41)32-22-16-23-19-40-26-13-6-5-11-24(26)20-9-7-10-21(15-20)28(38)35(4)14-8-12-25(29(39)36(23)17-22)33-27(37)18-34(2)3/h5-7,9-11,13,15,22-23,25H,8,12,14,16-19H2,1-4H3,(H,33,37)(H2,31,32,41)/t22-,23-,25-/m0/s1. The van der Waals surface area contributed by atoms with Crippen LogP contribution in [0.5, 0.6) is 5.75 Å². The van der Waals surface area contributed by atoms with Gasteiger partial charge in [-0.3, -0.25) is 14.4 Å². The van der Waals surface area contributed by atoms with E-state index in [1.54, 1.807) is 28.8 Å². The summed E-state index contributed by atoms with van der Waals surface area (Å²) in [7, 11) is 7.13. The number of amides is 3. The van der Waals surface area contributed by atoms with Gasteiger partial charge in [-0.15, -0.1) is 0 Å². The summed E-state index contributed by atoms with van der Waals surface area (Å²) in [5, 5.41) is 9.69.